The Labute approximate surface area is 193 Å². The third kappa shape index (κ3) is 5.49. The van der Waals surface area contributed by atoms with Crippen molar-refractivity contribution in [3.63, 3.8) is 0 Å². The van der Waals surface area contributed by atoms with Gasteiger partial charge in [-0.2, -0.15) is 4.31 Å². The minimum absolute atomic E-state index is 0.0105. The lowest BCUT2D eigenvalue weighted by Gasteiger charge is -2.26. The second kappa shape index (κ2) is 10.5. The van der Waals surface area contributed by atoms with E-state index in [2.05, 4.69) is 0 Å². The molecule has 1 aliphatic rings. The number of carbonyl (C=O) groups excluding carboxylic acids is 2. The normalized spacial score (nSPS) is 15.7. The summed E-state index contributed by atoms with van der Waals surface area (Å²) in [5.74, 6) is -0.544. The van der Waals surface area contributed by atoms with Crippen LogP contribution in [0.5, 0.6) is 5.75 Å². The molecule has 7 nitrogen and oxygen atoms in total. The van der Waals surface area contributed by atoms with Gasteiger partial charge in [-0.1, -0.05) is 18.0 Å². The van der Waals surface area contributed by atoms with Crippen molar-refractivity contribution in [2.75, 3.05) is 19.7 Å². The van der Waals surface area contributed by atoms with Gasteiger partial charge in [-0.05, 0) is 69.2 Å². The number of nitrogens with zero attached hydrogens (tertiary/aromatic N) is 1. The van der Waals surface area contributed by atoms with Crippen LogP contribution in [0, 0.1) is 0 Å². The second-order valence-corrected chi connectivity index (χ2v) is 9.79. The van der Waals surface area contributed by atoms with Crippen molar-refractivity contribution in [1.82, 2.24) is 4.31 Å². The molecule has 0 radical (unpaired) electrons. The van der Waals surface area contributed by atoms with Crippen molar-refractivity contribution in [2.24, 2.45) is 0 Å². The predicted octanol–water partition coefficient (Wildman–Crippen LogP) is 4.34. The van der Waals surface area contributed by atoms with E-state index in [1.54, 1.807) is 24.3 Å². The molecule has 0 amide bonds. The number of sulfonamides is 1. The van der Waals surface area contributed by atoms with Gasteiger partial charge in [0.25, 0.3) is 0 Å². The van der Waals surface area contributed by atoms with Gasteiger partial charge in [0.15, 0.2) is 6.10 Å². The highest BCUT2D eigenvalue weighted by atomic mass is 35.5. The van der Waals surface area contributed by atoms with Crippen LogP contribution in [0.4, 0.5) is 0 Å². The van der Waals surface area contributed by atoms with Crippen LogP contribution in [0.2, 0.25) is 5.02 Å². The Morgan fingerprint density at radius 3 is 2.28 bits per heavy atom. The number of piperidine rings is 1. The zero-order valence-electron chi connectivity index (χ0n) is 18.0. The van der Waals surface area contributed by atoms with E-state index in [1.807, 2.05) is 6.92 Å². The number of benzene rings is 2. The third-order valence-corrected chi connectivity index (χ3v) is 7.58. The van der Waals surface area contributed by atoms with E-state index in [4.69, 9.17) is 21.1 Å². The van der Waals surface area contributed by atoms with Crippen molar-refractivity contribution < 1.29 is 27.5 Å². The summed E-state index contributed by atoms with van der Waals surface area (Å²) < 4.78 is 38.0. The van der Waals surface area contributed by atoms with E-state index in [-0.39, 0.29) is 21.3 Å². The molecule has 0 unspecified atom stereocenters. The maximum atomic E-state index is 13.0. The molecule has 0 spiro atoms. The van der Waals surface area contributed by atoms with E-state index in [0.717, 1.165) is 19.3 Å². The first-order valence-corrected chi connectivity index (χ1v) is 12.3. The minimum Gasteiger partial charge on any atom is -0.494 e. The number of rotatable bonds is 8. The molecule has 0 aromatic heterocycles. The van der Waals surface area contributed by atoms with E-state index in [1.165, 1.54) is 29.4 Å². The molecule has 3 rings (SSSR count). The third-order valence-electron chi connectivity index (χ3n) is 5.20. The first kappa shape index (κ1) is 24.2. The number of halogens is 1. The van der Waals surface area contributed by atoms with Gasteiger partial charge in [0.1, 0.15) is 10.6 Å². The maximum Gasteiger partial charge on any atom is 0.338 e. The van der Waals surface area contributed by atoms with Gasteiger partial charge >= 0.3 is 5.97 Å². The van der Waals surface area contributed by atoms with Crippen molar-refractivity contribution in [2.45, 2.75) is 44.1 Å². The highest BCUT2D eigenvalue weighted by molar-refractivity contribution is 7.89. The summed E-state index contributed by atoms with van der Waals surface area (Å²) in [6.45, 7) is 4.68. The molecule has 32 heavy (non-hydrogen) atoms. The SMILES string of the molecule is CCOc1ccc(C(=O)[C@H](C)OC(=O)c2ccc(Cl)c(S(=O)(=O)N3CCCCC3)c2)cc1. The van der Waals surface area contributed by atoms with Crippen LogP contribution in [0.25, 0.3) is 0 Å². The Hall–Kier alpha value is -2.42. The molecule has 172 valence electrons. The Bertz CT molecular complexity index is 1080. The molecule has 1 aliphatic heterocycles. The first-order chi connectivity index (χ1) is 15.2. The molecular weight excluding hydrogens is 454 g/mol. The molecule has 1 saturated heterocycles. The summed E-state index contributed by atoms with van der Waals surface area (Å²) in [7, 11) is -3.83. The fourth-order valence-electron chi connectivity index (χ4n) is 3.47. The molecule has 2 aromatic carbocycles. The summed E-state index contributed by atoms with van der Waals surface area (Å²) in [4.78, 5) is 25.1. The highest BCUT2D eigenvalue weighted by Crippen LogP contribution is 2.28. The van der Waals surface area contributed by atoms with Gasteiger partial charge in [-0.25, -0.2) is 13.2 Å². The van der Waals surface area contributed by atoms with E-state index < -0.39 is 22.1 Å². The van der Waals surface area contributed by atoms with Gasteiger partial charge in [-0.3, -0.25) is 4.79 Å². The largest absolute Gasteiger partial charge is 0.494 e. The summed E-state index contributed by atoms with van der Waals surface area (Å²) in [5, 5.41) is 0.0330. The van der Waals surface area contributed by atoms with Crippen LogP contribution in [-0.4, -0.2) is 50.3 Å². The van der Waals surface area contributed by atoms with Crippen LogP contribution in [0.15, 0.2) is 47.4 Å². The van der Waals surface area contributed by atoms with Gasteiger partial charge in [0, 0.05) is 18.7 Å². The predicted molar refractivity (Wildman–Crippen MR) is 121 cm³/mol. The van der Waals surface area contributed by atoms with Crippen LogP contribution < -0.4 is 4.74 Å². The summed E-state index contributed by atoms with van der Waals surface area (Å²) in [5.41, 5.74) is 0.384. The number of carbonyl (C=O) groups is 2. The average molecular weight is 480 g/mol. The molecule has 0 bridgehead atoms. The Balaban J connectivity index is 1.74. The first-order valence-electron chi connectivity index (χ1n) is 10.5. The number of Topliss-reactive ketones (excluding diaryl/α,β-unsaturated/α-hetero) is 1. The van der Waals surface area contributed by atoms with Crippen molar-refractivity contribution in [1.29, 1.82) is 0 Å². The van der Waals surface area contributed by atoms with Crippen LogP contribution >= 0.6 is 11.6 Å². The molecule has 1 fully saturated rings. The number of hydrogen-bond acceptors (Lipinski definition) is 6. The standard InChI is InChI=1S/C23H26ClNO6S/c1-3-30-19-10-7-17(8-11-19)22(26)16(2)31-23(27)18-9-12-20(24)21(15-18)32(28,29)25-13-5-4-6-14-25/h7-12,15-16H,3-6,13-14H2,1-2H3/t16-/m0/s1. The van der Waals surface area contributed by atoms with Gasteiger partial charge in [0.05, 0.1) is 17.2 Å². The zero-order chi connectivity index (χ0) is 23.3. The smallest absolute Gasteiger partial charge is 0.338 e. The quantitative estimate of drug-likeness (QED) is 0.413. The zero-order valence-corrected chi connectivity index (χ0v) is 19.6. The van der Waals surface area contributed by atoms with E-state index in [0.29, 0.717) is 31.0 Å². The highest BCUT2D eigenvalue weighted by Gasteiger charge is 2.29. The molecule has 2 aromatic rings. The Morgan fingerprint density at radius 1 is 1.03 bits per heavy atom. The van der Waals surface area contributed by atoms with Crippen LogP contribution in [-0.2, 0) is 14.8 Å². The molecule has 0 saturated carbocycles. The van der Waals surface area contributed by atoms with Crippen molar-refractivity contribution in [3.8, 4) is 5.75 Å². The monoisotopic (exact) mass is 479 g/mol. The lowest BCUT2D eigenvalue weighted by Crippen LogP contribution is -2.35. The average Bonchev–Trinajstić information content (AvgIpc) is 2.80. The van der Waals surface area contributed by atoms with Crippen LogP contribution in [0.3, 0.4) is 0 Å². The minimum atomic E-state index is -3.83. The maximum absolute atomic E-state index is 13.0. The lowest BCUT2D eigenvalue weighted by atomic mass is 10.1. The number of esters is 1. The summed E-state index contributed by atoms with van der Waals surface area (Å²) in [6.07, 6.45) is 1.48. The number of hydrogen-bond donors (Lipinski definition) is 0. The number of ketones is 1. The fraction of sp³-hybridized carbons (Fsp3) is 0.391. The van der Waals surface area contributed by atoms with Gasteiger partial charge < -0.3 is 9.47 Å². The molecule has 0 aliphatic carbocycles. The summed E-state index contributed by atoms with van der Waals surface area (Å²) >= 11 is 6.15. The van der Waals surface area contributed by atoms with Gasteiger partial charge in [0.2, 0.25) is 15.8 Å². The van der Waals surface area contributed by atoms with Crippen LogP contribution in [0.1, 0.15) is 53.8 Å². The van der Waals surface area contributed by atoms with E-state index in [9.17, 15) is 18.0 Å². The number of ether oxygens (including phenoxy) is 2. The molecule has 9 heteroatoms. The lowest BCUT2D eigenvalue weighted by molar-refractivity contribution is 0.0318. The molecular formula is C23H26ClNO6S. The molecule has 1 atom stereocenters. The fourth-order valence-corrected chi connectivity index (χ4v) is 5.49. The molecule has 1 heterocycles. The Kier molecular flexibility index (Phi) is 7.92. The topological polar surface area (TPSA) is 90.0 Å². The molecule has 0 N–H and O–H groups in total. The van der Waals surface area contributed by atoms with Gasteiger partial charge in [-0.15, -0.1) is 0 Å². The van der Waals surface area contributed by atoms with Crippen molar-refractivity contribution >= 4 is 33.4 Å². The Morgan fingerprint density at radius 2 is 1.66 bits per heavy atom. The van der Waals surface area contributed by atoms with Crippen molar-refractivity contribution in [3.05, 3.63) is 58.6 Å². The summed E-state index contributed by atoms with van der Waals surface area (Å²) in [6, 6.07) is 10.5. The van der Waals surface area contributed by atoms with E-state index >= 15 is 0 Å². The second-order valence-electron chi connectivity index (χ2n) is 7.48.